The van der Waals surface area contributed by atoms with E-state index in [4.69, 9.17) is 9.84 Å². The van der Waals surface area contributed by atoms with E-state index in [0.717, 1.165) is 29.5 Å². The van der Waals surface area contributed by atoms with Crippen LogP contribution in [0.15, 0.2) is 103 Å². The van der Waals surface area contributed by atoms with Gasteiger partial charge in [0.15, 0.2) is 0 Å². The predicted molar refractivity (Wildman–Crippen MR) is 214 cm³/mol. The van der Waals surface area contributed by atoms with E-state index in [9.17, 15) is 24.4 Å². The van der Waals surface area contributed by atoms with Gasteiger partial charge in [0.25, 0.3) is 11.8 Å². The standard InChI is InChI=1S/C42H49N5O5.C2H6O/c1-29(2)39(42(51)44-26-31-14-7-4-8-15-31)47-38(48)21-13-20-37(28-52-27-32-16-9-5-10-17-32)46-41(50)36-23-33(25-43)22-35(24-36)40(49)45-30(3)34-18-11-6-12-19-34;1-2-3/h5-7,9-12,14-19,22-24,29-30,37,39H,4,8,13,20-21,26-28H2,1-3H3,(H,44,51)(H,45,49)(H,46,50)(H,47,48);3H,2H2,1H3/t30-,37-,39?;/m1./s1. The number of hydrogen-bond donors (Lipinski definition) is 5. The first-order chi connectivity index (χ1) is 26.5. The van der Waals surface area contributed by atoms with E-state index in [1.807, 2.05) is 93.6 Å². The number of carbonyl (C=O) groups excluding carboxylic acids is 4. The molecule has 0 fully saturated rings. The number of amides is 4. The molecule has 292 valence electrons. The first-order valence-electron chi connectivity index (χ1n) is 18.9. The average Bonchev–Trinajstić information content (AvgIpc) is 3.20. The second-order valence-electron chi connectivity index (χ2n) is 13.7. The first kappa shape index (κ1) is 43.8. The summed E-state index contributed by atoms with van der Waals surface area (Å²) in [5.41, 5.74) is 3.47. The Bertz CT molecular complexity index is 1790. The van der Waals surface area contributed by atoms with Crippen molar-refractivity contribution in [2.24, 2.45) is 5.92 Å². The van der Waals surface area contributed by atoms with Crippen LogP contribution in [-0.4, -0.2) is 60.6 Å². The van der Waals surface area contributed by atoms with Gasteiger partial charge in [0, 0.05) is 30.7 Å². The molecule has 0 radical (unpaired) electrons. The Balaban J connectivity index is 0.00000262. The zero-order valence-electron chi connectivity index (χ0n) is 32.3. The quantitative estimate of drug-likeness (QED) is 0.105. The second kappa shape index (κ2) is 24.0. The van der Waals surface area contributed by atoms with Gasteiger partial charge in [-0.3, -0.25) is 19.2 Å². The topological polar surface area (TPSA) is 170 Å². The molecule has 4 amide bonds. The maximum Gasteiger partial charge on any atom is 0.251 e. The molecule has 1 aliphatic rings. The molecule has 11 nitrogen and oxygen atoms in total. The molecule has 0 spiro atoms. The van der Waals surface area contributed by atoms with Crippen LogP contribution in [0.1, 0.15) is 103 Å². The van der Waals surface area contributed by atoms with Gasteiger partial charge in [0.2, 0.25) is 11.8 Å². The van der Waals surface area contributed by atoms with Gasteiger partial charge in [-0.1, -0.05) is 92.7 Å². The normalized spacial score (nSPS) is 13.5. The summed E-state index contributed by atoms with van der Waals surface area (Å²) in [7, 11) is 0. The fraction of sp³-hybridized carbons (Fsp3) is 0.386. The summed E-state index contributed by atoms with van der Waals surface area (Å²) < 4.78 is 5.98. The van der Waals surface area contributed by atoms with Crippen molar-refractivity contribution in [3.05, 3.63) is 130 Å². The van der Waals surface area contributed by atoms with E-state index in [2.05, 4.69) is 33.4 Å². The third-order valence-electron chi connectivity index (χ3n) is 8.76. The maximum atomic E-state index is 13.6. The molecule has 1 unspecified atom stereocenters. The zero-order valence-corrected chi connectivity index (χ0v) is 32.3. The fourth-order valence-electron chi connectivity index (χ4n) is 5.81. The minimum atomic E-state index is -0.681. The number of allylic oxidation sites excluding steroid dienone is 2. The van der Waals surface area contributed by atoms with Crippen LogP contribution in [0.4, 0.5) is 0 Å². The molecule has 0 saturated heterocycles. The lowest BCUT2D eigenvalue weighted by Crippen LogP contribution is -2.50. The van der Waals surface area contributed by atoms with Crippen LogP contribution in [0.2, 0.25) is 0 Å². The van der Waals surface area contributed by atoms with Gasteiger partial charge in [-0.15, -0.1) is 0 Å². The van der Waals surface area contributed by atoms with Gasteiger partial charge in [0.1, 0.15) is 6.04 Å². The molecule has 3 atom stereocenters. The van der Waals surface area contributed by atoms with Crippen molar-refractivity contribution in [2.75, 3.05) is 19.8 Å². The molecule has 0 heterocycles. The SMILES string of the molecule is CC(C)C(NC(=O)CCC[C@H](COCc1ccccc1)NC(=O)c1cc(C#N)cc(C(=O)N[C@H](C)c2ccccc2)c1)C(=O)NCC1=CCCC=C1.CCO. The lowest BCUT2D eigenvalue weighted by Gasteiger charge is -2.23. The van der Waals surface area contributed by atoms with Crippen molar-refractivity contribution in [1.29, 1.82) is 5.26 Å². The summed E-state index contributed by atoms with van der Waals surface area (Å²) in [6, 6.07) is 24.1. The minimum absolute atomic E-state index is 0.115. The number of nitrogens with one attached hydrogen (secondary N) is 4. The molecule has 11 heteroatoms. The van der Waals surface area contributed by atoms with Crippen LogP contribution in [0.3, 0.4) is 0 Å². The Morgan fingerprint density at radius 3 is 2.11 bits per heavy atom. The van der Waals surface area contributed by atoms with Crippen molar-refractivity contribution in [3.8, 4) is 6.07 Å². The van der Waals surface area contributed by atoms with E-state index in [1.54, 1.807) is 6.92 Å². The Labute approximate surface area is 325 Å². The van der Waals surface area contributed by atoms with Crippen molar-refractivity contribution in [2.45, 2.75) is 84.5 Å². The predicted octanol–water partition coefficient (Wildman–Crippen LogP) is 6.07. The molecule has 0 aliphatic heterocycles. The van der Waals surface area contributed by atoms with Crippen molar-refractivity contribution in [1.82, 2.24) is 21.3 Å². The Kier molecular flexibility index (Phi) is 19.1. The highest BCUT2D eigenvalue weighted by molar-refractivity contribution is 6.00. The number of hydrogen-bond acceptors (Lipinski definition) is 7. The van der Waals surface area contributed by atoms with E-state index in [-0.39, 0.29) is 60.1 Å². The first-order valence-corrected chi connectivity index (χ1v) is 18.9. The van der Waals surface area contributed by atoms with E-state index >= 15 is 0 Å². The Morgan fingerprint density at radius 2 is 1.51 bits per heavy atom. The maximum absolute atomic E-state index is 13.6. The molecular formula is C44H55N5O6. The molecular weight excluding hydrogens is 695 g/mol. The molecule has 1 aliphatic carbocycles. The fourth-order valence-corrected chi connectivity index (χ4v) is 5.81. The van der Waals surface area contributed by atoms with Crippen LogP contribution in [0.5, 0.6) is 0 Å². The highest BCUT2D eigenvalue weighted by Crippen LogP contribution is 2.16. The summed E-state index contributed by atoms with van der Waals surface area (Å²) in [6.45, 7) is 8.49. The van der Waals surface area contributed by atoms with Gasteiger partial charge in [-0.25, -0.2) is 0 Å². The average molecular weight is 750 g/mol. The minimum Gasteiger partial charge on any atom is -0.397 e. The molecule has 4 rings (SSSR count). The van der Waals surface area contributed by atoms with Gasteiger partial charge in [-0.2, -0.15) is 5.26 Å². The largest absolute Gasteiger partial charge is 0.397 e. The molecule has 55 heavy (non-hydrogen) atoms. The second-order valence-corrected chi connectivity index (χ2v) is 13.7. The molecule has 5 N–H and O–H groups in total. The molecule has 3 aromatic carbocycles. The van der Waals surface area contributed by atoms with Crippen LogP contribution in [-0.2, 0) is 20.9 Å². The third kappa shape index (κ3) is 15.7. The number of nitriles is 1. The molecule has 0 aromatic heterocycles. The molecule has 3 aromatic rings. The lowest BCUT2D eigenvalue weighted by atomic mass is 10.0. The number of rotatable bonds is 18. The highest BCUT2D eigenvalue weighted by Gasteiger charge is 2.25. The molecule has 0 saturated carbocycles. The van der Waals surface area contributed by atoms with Crippen molar-refractivity contribution in [3.63, 3.8) is 0 Å². The van der Waals surface area contributed by atoms with Crippen LogP contribution >= 0.6 is 0 Å². The van der Waals surface area contributed by atoms with Crippen LogP contribution < -0.4 is 21.3 Å². The smallest absolute Gasteiger partial charge is 0.251 e. The Morgan fingerprint density at radius 1 is 0.873 bits per heavy atom. The van der Waals surface area contributed by atoms with Crippen molar-refractivity contribution >= 4 is 23.6 Å². The van der Waals surface area contributed by atoms with Gasteiger partial charge in [-0.05, 0) is 80.3 Å². The van der Waals surface area contributed by atoms with Crippen LogP contribution in [0.25, 0.3) is 0 Å². The van der Waals surface area contributed by atoms with E-state index in [0.29, 0.717) is 26.0 Å². The number of ether oxygens (including phenoxy) is 1. The van der Waals surface area contributed by atoms with E-state index < -0.39 is 23.9 Å². The van der Waals surface area contributed by atoms with Crippen molar-refractivity contribution < 1.29 is 29.0 Å². The van der Waals surface area contributed by atoms with Crippen LogP contribution in [0, 0.1) is 17.2 Å². The third-order valence-corrected chi connectivity index (χ3v) is 8.76. The number of carbonyl (C=O) groups is 4. The number of nitrogens with zero attached hydrogens (tertiary/aromatic N) is 1. The summed E-state index contributed by atoms with van der Waals surface area (Å²) >= 11 is 0. The summed E-state index contributed by atoms with van der Waals surface area (Å²) in [6.07, 6.45) is 9.10. The molecule has 0 bridgehead atoms. The van der Waals surface area contributed by atoms with Gasteiger partial charge >= 0.3 is 0 Å². The van der Waals surface area contributed by atoms with Gasteiger partial charge in [0.05, 0.1) is 36.9 Å². The summed E-state index contributed by atoms with van der Waals surface area (Å²) in [4.78, 5) is 52.8. The monoisotopic (exact) mass is 749 g/mol. The van der Waals surface area contributed by atoms with Gasteiger partial charge < -0.3 is 31.1 Å². The number of aliphatic hydroxyl groups is 1. The summed E-state index contributed by atoms with van der Waals surface area (Å²) in [5, 5.41) is 29.0. The zero-order chi connectivity index (χ0) is 40.0. The lowest BCUT2D eigenvalue weighted by molar-refractivity contribution is -0.130. The van der Waals surface area contributed by atoms with E-state index in [1.165, 1.54) is 18.2 Å². The number of aliphatic hydroxyl groups excluding tert-OH is 1. The highest BCUT2D eigenvalue weighted by atomic mass is 16.5. The summed E-state index contributed by atoms with van der Waals surface area (Å²) in [5.74, 6) is -1.49. The Hall–Kier alpha value is -5.57. The number of benzene rings is 3.